The maximum absolute atomic E-state index is 13.1. The number of hydrogen-bond acceptors (Lipinski definition) is 9. The number of likely N-dealkylation sites (N-methyl/N-ethyl adjacent to an activating group) is 2. The lowest BCUT2D eigenvalue weighted by Crippen LogP contribution is -2.48. The minimum Gasteiger partial charge on any atom is -0.481 e. The van der Waals surface area contributed by atoms with E-state index >= 15 is 0 Å². The van der Waals surface area contributed by atoms with Crippen LogP contribution in [0.4, 0.5) is 11.4 Å². The second-order valence-corrected chi connectivity index (χ2v) is 23.2. The molecule has 0 atom stereocenters. The summed E-state index contributed by atoms with van der Waals surface area (Å²) in [5, 5.41) is 25.7. The second kappa shape index (κ2) is 31.0. The predicted molar refractivity (Wildman–Crippen MR) is 317 cm³/mol. The average molecular weight is 1090 g/mol. The molecule has 3 aliphatic heterocycles. The highest BCUT2D eigenvalue weighted by Gasteiger charge is 2.44. The lowest BCUT2D eigenvalue weighted by atomic mass is 9.81. The highest BCUT2D eigenvalue weighted by molar-refractivity contribution is 6.32. The molecule has 2 aromatic carbocycles. The fraction of sp³-hybridized carbons (Fsp3) is 0.603. The molecule has 1 fully saturated rings. The van der Waals surface area contributed by atoms with Gasteiger partial charge in [0.2, 0.25) is 17.5 Å². The number of carboxylic acid groups (broad SMARTS) is 2. The number of rotatable bonds is 27. The first-order chi connectivity index (χ1) is 37.5. The minimum atomic E-state index is -0.826. The molecule has 0 aromatic heterocycles. The van der Waals surface area contributed by atoms with Gasteiger partial charge in [0.05, 0.1) is 18.5 Å². The molecule has 15 heteroatoms. The van der Waals surface area contributed by atoms with Crippen molar-refractivity contribution in [1.29, 1.82) is 0 Å². The van der Waals surface area contributed by atoms with Gasteiger partial charge in [-0.05, 0) is 120 Å². The topological polar surface area (TPSA) is 152 Å². The molecule has 4 N–H and O–H groups in total. The van der Waals surface area contributed by atoms with Crippen LogP contribution in [0.1, 0.15) is 143 Å². The van der Waals surface area contributed by atoms with Gasteiger partial charge < -0.3 is 35.5 Å². The standard InChI is InChI=1S/C63H93ClN8O6/c1-7-67-39-40-68(8-2)42-44-70(48-60(77)78)46-45-69(43-41-67)47-58(74)66-36-19-11-18-35-65-57(73)29-12-9-20-37-71-53-27-16-14-25-51(53)62(3,4)55(71)33-31-49-23-22-24-50(61(49)64)32-34-56-63(5,6)52-26-15-17-28-54(52)72(56)38-21-10-13-30-59(75)76/h14-17,25-28,31-34H,7-13,18-24,29-30,35-48H2,1-6H3,(H3-,65,66,73,74,75,76,77,78)/p+1. The molecular formula is C63H94ClN8O6+. The van der Waals surface area contributed by atoms with Gasteiger partial charge in [-0.2, -0.15) is 4.58 Å². The number of aliphatic carboxylic acids is 2. The molecule has 0 saturated carbocycles. The van der Waals surface area contributed by atoms with Crippen LogP contribution in [0.2, 0.25) is 0 Å². The van der Waals surface area contributed by atoms with Gasteiger partial charge in [-0.3, -0.25) is 29.0 Å². The summed E-state index contributed by atoms with van der Waals surface area (Å²) in [6.07, 6.45) is 20.4. The zero-order valence-electron chi connectivity index (χ0n) is 48.2. The zero-order chi connectivity index (χ0) is 56.1. The van der Waals surface area contributed by atoms with Crippen LogP contribution in [0.25, 0.3) is 0 Å². The quantitative estimate of drug-likeness (QED) is 0.0500. The molecule has 4 aliphatic rings. The number of carboxylic acids is 2. The third-order valence-corrected chi connectivity index (χ3v) is 17.0. The Balaban J connectivity index is 0.955. The Kier molecular flexibility index (Phi) is 24.7. The summed E-state index contributed by atoms with van der Waals surface area (Å²) in [6, 6.07) is 17.4. The number of nitrogens with one attached hydrogen (secondary N) is 2. The van der Waals surface area contributed by atoms with E-state index in [0.29, 0.717) is 52.1 Å². The fourth-order valence-electron chi connectivity index (χ4n) is 11.7. The number of anilines is 1. The number of para-hydroxylation sites is 2. The molecule has 78 heavy (non-hydrogen) atoms. The van der Waals surface area contributed by atoms with Crippen LogP contribution < -0.4 is 15.5 Å². The van der Waals surface area contributed by atoms with Crippen molar-refractivity contribution < 1.29 is 34.0 Å². The molecule has 2 aromatic rings. The first-order valence-electron chi connectivity index (χ1n) is 29.5. The summed E-state index contributed by atoms with van der Waals surface area (Å²) >= 11 is 7.33. The van der Waals surface area contributed by atoms with Crippen molar-refractivity contribution in [1.82, 2.24) is 30.2 Å². The van der Waals surface area contributed by atoms with Crippen molar-refractivity contribution >= 4 is 52.4 Å². The molecule has 0 unspecified atom stereocenters. The van der Waals surface area contributed by atoms with E-state index in [0.717, 1.165) is 146 Å². The number of halogens is 1. The number of benzene rings is 2. The number of hydrogen-bond donors (Lipinski definition) is 4. The molecule has 0 spiro atoms. The lowest BCUT2D eigenvalue weighted by Gasteiger charge is -2.33. The smallest absolute Gasteiger partial charge is 0.317 e. The van der Waals surface area contributed by atoms with Crippen molar-refractivity contribution in [3.05, 3.63) is 106 Å². The van der Waals surface area contributed by atoms with Gasteiger partial charge in [0.25, 0.3) is 0 Å². The van der Waals surface area contributed by atoms with E-state index in [1.165, 1.54) is 33.9 Å². The molecule has 1 saturated heterocycles. The van der Waals surface area contributed by atoms with E-state index in [1.54, 1.807) is 0 Å². The largest absolute Gasteiger partial charge is 0.481 e. The van der Waals surface area contributed by atoms with Gasteiger partial charge in [0, 0.05) is 131 Å². The molecule has 0 bridgehead atoms. The van der Waals surface area contributed by atoms with Gasteiger partial charge in [-0.15, -0.1) is 0 Å². The van der Waals surface area contributed by atoms with Gasteiger partial charge >= 0.3 is 11.9 Å². The molecule has 428 valence electrons. The van der Waals surface area contributed by atoms with E-state index in [2.05, 4.69) is 149 Å². The van der Waals surface area contributed by atoms with Crippen LogP contribution in [0.15, 0.2) is 94.7 Å². The van der Waals surface area contributed by atoms with Crippen molar-refractivity contribution in [3.63, 3.8) is 0 Å². The van der Waals surface area contributed by atoms with Crippen molar-refractivity contribution in [2.24, 2.45) is 0 Å². The highest BCUT2D eigenvalue weighted by Crippen LogP contribution is 2.48. The number of allylic oxidation sites excluding steroid dienone is 8. The number of carbonyl (C=O) groups is 4. The third-order valence-electron chi connectivity index (χ3n) is 16.5. The summed E-state index contributed by atoms with van der Waals surface area (Å²) < 4.78 is 2.47. The van der Waals surface area contributed by atoms with Gasteiger partial charge in [0.1, 0.15) is 6.54 Å². The summed E-state index contributed by atoms with van der Waals surface area (Å²) in [4.78, 5) is 60.1. The predicted octanol–water partition coefficient (Wildman–Crippen LogP) is 9.86. The van der Waals surface area contributed by atoms with E-state index in [1.807, 2.05) is 4.90 Å². The summed E-state index contributed by atoms with van der Waals surface area (Å²) in [7, 11) is 0. The van der Waals surface area contributed by atoms with E-state index in [-0.39, 0.29) is 35.6 Å². The van der Waals surface area contributed by atoms with Crippen LogP contribution >= 0.6 is 11.6 Å². The molecule has 1 aliphatic carbocycles. The Morgan fingerprint density at radius 3 is 1.85 bits per heavy atom. The van der Waals surface area contributed by atoms with E-state index < -0.39 is 11.9 Å². The molecule has 6 rings (SSSR count). The van der Waals surface area contributed by atoms with Crippen LogP contribution in [0.5, 0.6) is 0 Å². The monoisotopic (exact) mass is 1090 g/mol. The average Bonchev–Trinajstić information content (AvgIpc) is 3.93. The SMILES string of the molecule is CCN1CCN(CC)CCN(CC(=O)NCCCCCNC(=O)CCCCC[N+]2=C(C=CC3=C(Cl)C(=CC=C4N(CCCCCC(=O)O)c5ccccc5C4(C)C)CCC3)C(C)(C)c3ccccc32)CCN(CC(=O)O)CC1. The Morgan fingerprint density at radius 1 is 0.615 bits per heavy atom. The Morgan fingerprint density at radius 2 is 1.19 bits per heavy atom. The van der Waals surface area contributed by atoms with Crippen LogP contribution in [0.3, 0.4) is 0 Å². The molecule has 2 amide bonds. The number of nitrogens with zero attached hydrogens (tertiary/aromatic N) is 6. The number of fused-ring (bicyclic) bond motifs is 2. The second-order valence-electron chi connectivity index (χ2n) is 22.8. The van der Waals surface area contributed by atoms with Crippen molar-refractivity contribution in [2.75, 3.05) is 110 Å². The first-order valence-corrected chi connectivity index (χ1v) is 29.9. The van der Waals surface area contributed by atoms with Crippen molar-refractivity contribution in [2.45, 2.75) is 142 Å². The highest BCUT2D eigenvalue weighted by atomic mass is 35.5. The third kappa shape index (κ3) is 17.9. The first kappa shape index (κ1) is 62.1. The molecule has 0 radical (unpaired) electrons. The summed E-state index contributed by atoms with van der Waals surface area (Å²) in [6.45, 7) is 24.9. The van der Waals surface area contributed by atoms with Crippen LogP contribution in [-0.4, -0.2) is 169 Å². The minimum absolute atomic E-state index is 0.00209. The van der Waals surface area contributed by atoms with Gasteiger partial charge in [0.15, 0.2) is 5.71 Å². The maximum atomic E-state index is 13.1. The fourth-order valence-corrected chi connectivity index (χ4v) is 12.0. The number of carbonyl (C=O) groups excluding carboxylic acids is 2. The normalized spacial score (nSPS) is 19.8. The number of amides is 2. The Labute approximate surface area is 472 Å². The van der Waals surface area contributed by atoms with Gasteiger partial charge in [-0.1, -0.05) is 94.3 Å². The lowest BCUT2D eigenvalue weighted by molar-refractivity contribution is -0.438. The summed E-state index contributed by atoms with van der Waals surface area (Å²) in [5.74, 6) is -1.48. The van der Waals surface area contributed by atoms with Crippen molar-refractivity contribution in [3.8, 4) is 0 Å². The van der Waals surface area contributed by atoms with Crippen LogP contribution in [-0.2, 0) is 30.0 Å². The molecule has 3 heterocycles. The van der Waals surface area contributed by atoms with E-state index in [9.17, 15) is 24.3 Å². The van der Waals surface area contributed by atoms with Gasteiger partial charge in [-0.25, -0.2) is 0 Å². The van der Waals surface area contributed by atoms with Crippen LogP contribution in [0, 0.1) is 0 Å². The Hall–Kier alpha value is -5.12. The summed E-state index contributed by atoms with van der Waals surface area (Å²) in [5.41, 5.74) is 9.49. The zero-order valence-corrected chi connectivity index (χ0v) is 49.0. The van der Waals surface area contributed by atoms with E-state index in [4.69, 9.17) is 16.7 Å². The Bertz CT molecular complexity index is 2500. The number of unbranched alkanes of at least 4 members (excludes halogenated alkanes) is 6. The molecular weight excluding hydrogens is 1000 g/mol. The maximum Gasteiger partial charge on any atom is 0.317 e. The molecule has 14 nitrogen and oxygen atoms in total.